The summed E-state index contributed by atoms with van der Waals surface area (Å²) >= 11 is 0. The van der Waals surface area contributed by atoms with E-state index in [1.807, 2.05) is 43.3 Å². The number of amides is 1. The Balaban J connectivity index is 1.68. The van der Waals surface area contributed by atoms with Gasteiger partial charge in [0.15, 0.2) is 0 Å². The van der Waals surface area contributed by atoms with Crippen LogP contribution in [0.15, 0.2) is 48.8 Å². The molecule has 3 heterocycles. The van der Waals surface area contributed by atoms with Crippen molar-refractivity contribution >= 4 is 16.8 Å². The summed E-state index contributed by atoms with van der Waals surface area (Å²) in [6, 6.07) is 11.8. The monoisotopic (exact) mass is 374 g/mol. The smallest absolute Gasteiger partial charge is 0.252 e. The Labute approximate surface area is 165 Å². The van der Waals surface area contributed by atoms with Crippen LogP contribution in [0.1, 0.15) is 35.7 Å². The van der Waals surface area contributed by atoms with E-state index >= 15 is 0 Å². The van der Waals surface area contributed by atoms with E-state index in [4.69, 9.17) is 4.98 Å². The highest BCUT2D eigenvalue weighted by Crippen LogP contribution is 2.26. The molecule has 1 aliphatic heterocycles. The summed E-state index contributed by atoms with van der Waals surface area (Å²) in [6.45, 7) is 7.25. The van der Waals surface area contributed by atoms with Gasteiger partial charge in [-0.15, -0.1) is 0 Å². The number of pyridine rings is 2. The maximum atomic E-state index is 13.2. The zero-order valence-corrected chi connectivity index (χ0v) is 16.5. The number of fused-ring (bicyclic) bond motifs is 1. The number of nitrogens with zero attached hydrogens (tertiary/aromatic N) is 3. The van der Waals surface area contributed by atoms with E-state index < -0.39 is 0 Å². The number of hydrogen-bond donors (Lipinski definition) is 1. The maximum absolute atomic E-state index is 13.2. The normalized spacial score (nSPS) is 15.6. The third kappa shape index (κ3) is 3.90. The Hall–Kier alpha value is -2.79. The Kier molecular flexibility index (Phi) is 5.35. The average Bonchev–Trinajstić information content (AvgIpc) is 3.21. The van der Waals surface area contributed by atoms with Crippen molar-refractivity contribution in [3.8, 4) is 11.3 Å². The van der Waals surface area contributed by atoms with Gasteiger partial charge in [-0.05, 0) is 63.5 Å². The minimum absolute atomic E-state index is 0.0464. The lowest BCUT2D eigenvalue weighted by Gasteiger charge is -2.21. The molecule has 0 saturated carbocycles. The quantitative estimate of drug-likeness (QED) is 0.738. The molecule has 1 atom stereocenters. The highest BCUT2D eigenvalue weighted by atomic mass is 16.1. The lowest BCUT2D eigenvalue weighted by atomic mass is 10.0. The van der Waals surface area contributed by atoms with Gasteiger partial charge < -0.3 is 10.2 Å². The third-order valence-electron chi connectivity index (χ3n) is 5.35. The van der Waals surface area contributed by atoms with E-state index in [0.717, 1.165) is 47.4 Å². The predicted molar refractivity (Wildman–Crippen MR) is 112 cm³/mol. The fourth-order valence-corrected chi connectivity index (χ4v) is 3.94. The standard InChI is InChI=1S/C23H26N4O/c1-16-7-5-9-19-20(23(28)25-17(2)15-27-11-3-4-12-27)13-21(26-22(16)19)18-8-6-10-24-14-18/h5-10,13-14,17H,3-4,11-12,15H2,1-2H3,(H,25,28)/t17-/m1/s1. The van der Waals surface area contributed by atoms with Crippen LogP contribution >= 0.6 is 0 Å². The molecule has 3 aromatic rings. The van der Waals surface area contributed by atoms with Crippen molar-refractivity contribution in [1.82, 2.24) is 20.2 Å². The van der Waals surface area contributed by atoms with Crippen LogP contribution in [0.25, 0.3) is 22.2 Å². The number of benzene rings is 1. The fourth-order valence-electron chi connectivity index (χ4n) is 3.94. The molecule has 2 aromatic heterocycles. The van der Waals surface area contributed by atoms with Crippen LogP contribution in [0.5, 0.6) is 0 Å². The summed E-state index contributed by atoms with van der Waals surface area (Å²) in [5.41, 5.74) is 4.27. The first kappa shape index (κ1) is 18.6. The van der Waals surface area contributed by atoms with Gasteiger partial charge in [0, 0.05) is 35.9 Å². The Morgan fingerprint density at radius 1 is 1.21 bits per heavy atom. The second kappa shape index (κ2) is 8.07. The highest BCUT2D eigenvalue weighted by Gasteiger charge is 2.19. The van der Waals surface area contributed by atoms with E-state index in [1.165, 1.54) is 12.8 Å². The lowest BCUT2D eigenvalue weighted by Crippen LogP contribution is -2.41. The van der Waals surface area contributed by atoms with Crippen molar-refractivity contribution in [3.63, 3.8) is 0 Å². The number of nitrogens with one attached hydrogen (secondary N) is 1. The van der Waals surface area contributed by atoms with Gasteiger partial charge in [-0.1, -0.05) is 18.2 Å². The van der Waals surface area contributed by atoms with Crippen LogP contribution in [0.4, 0.5) is 0 Å². The van der Waals surface area contributed by atoms with E-state index in [2.05, 4.69) is 22.1 Å². The maximum Gasteiger partial charge on any atom is 0.252 e. The van der Waals surface area contributed by atoms with E-state index in [-0.39, 0.29) is 11.9 Å². The van der Waals surface area contributed by atoms with E-state index in [1.54, 1.807) is 12.4 Å². The molecule has 28 heavy (non-hydrogen) atoms. The molecule has 1 amide bonds. The SMILES string of the molecule is Cc1cccc2c(C(=O)N[C@H](C)CN3CCCC3)cc(-c3cccnc3)nc12. The van der Waals surface area contributed by atoms with Gasteiger partial charge in [-0.3, -0.25) is 9.78 Å². The van der Waals surface area contributed by atoms with Crippen LogP contribution in [0.2, 0.25) is 0 Å². The van der Waals surface area contributed by atoms with E-state index in [0.29, 0.717) is 5.56 Å². The van der Waals surface area contributed by atoms with Gasteiger partial charge in [0.2, 0.25) is 0 Å². The summed E-state index contributed by atoms with van der Waals surface area (Å²) in [4.78, 5) is 24.6. The first-order valence-corrected chi connectivity index (χ1v) is 9.96. The van der Waals surface area contributed by atoms with Crippen molar-refractivity contribution in [2.45, 2.75) is 32.7 Å². The molecular formula is C23H26N4O. The van der Waals surface area contributed by atoms with Crippen LogP contribution in [-0.2, 0) is 0 Å². The minimum atomic E-state index is -0.0464. The number of para-hydroxylation sites is 1. The molecule has 5 nitrogen and oxygen atoms in total. The summed E-state index contributed by atoms with van der Waals surface area (Å²) in [7, 11) is 0. The van der Waals surface area contributed by atoms with Gasteiger partial charge in [0.1, 0.15) is 0 Å². The third-order valence-corrected chi connectivity index (χ3v) is 5.35. The molecule has 144 valence electrons. The van der Waals surface area contributed by atoms with Gasteiger partial charge in [-0.25, -0.2) is 4.98 Å². The second-order valence-corrected chi connectivity index (χ2v) is 7.65. The predicted octanol–water partition coefficient (Wildman–Crippen LogP) is 3.82. The average molecular weight is 374 g/mol. The molecule has 1 saturated heterocycles. The zero-order valence-electron chi connectivity index (χ0n) is 16.5. The summed E-state index contributed by atoms with van der Waals surface area (Å²) in [5.74, 6) is -0.0464. The largest absolute Gasteiger partial charge is 0.348 e. The van der Waals surface area contributed by atoms with Crippen molar-refractivity contribution in [2.75, 3.05) is 19.6 Å². The van der Waals surface area contributed by atoms with Crippen LogP contribution in [-0.4, -0.2) is 46.5 Å². The number of rotatable bonds is 5. The molecule has 4 rings (SSSR count). The lowest BCUT2D eigenvalue weighted by molar-refractivity contribution is 0.0933. The second-order valence-electron chi connectivity index (χ2n) is 7.65. The molecule has 0 radical (unpaired) electrons. The topological polar surface area (TPSA) is 58.1 Å². The van der Waals surface area contributed by atoms with Crippen molar-refractivity contribution in [1.29, 1.82) is 0 Å². The summed E-state index contributed by atoms with van der Waals surface area (Å²) in [5, 5.41) is 4.08. The molecule has 0 bridgehead atoms. The number of carbonyl (C=O) groups excluding carboxylic acids is 1. The van der Waals surface area contributed by atoms with E-state index in [9.17, 15) is 4.79 Å². The molecule has 0 spiro atoms. The Morgan fingerprint density at radius 3 is 2.79 bits per heavy atom. The molecular weight excluding hydrogens is 348 g/mol. The van der Waals surface area contributed by atoms with Gasteiger partial charge in [-0.2, -0.15) is 0 Å². The van der Waals surface area contributed by atoms with Gasteiger partial charge in [0.05, 0.1) is 16.8 Å². The summed E-state index contributed by atoms with van der Waals surface area (Å²) < 4.78 is 0. The zero-order chi connectivity index (χ0) is 19.5. The molecule has 0 unspecified atom stereocenters. The van der Waals surface area contributed by atoms with Crippen LogP contribution in [0.3, 0.4) is 0 Å². The molecule has 1 aliphatic rings. The fraction of sp³-hybridized carbons (Fsp3) is 0.348. The van der Waals surface area contributed by atoms with Crippen molar-refractivity contribution < 1.29 is 4.79 Å². The number of aromatic nitrogens is 2. The minimum Gasteiger partial charge on any atom is -0.348 e. The Morgan fingerprint density at radius 2 is 2.04 bits per heavy atom. The first-order valence-electron chi connectivity index (χ1n) is 9.96. The molecule has 5 heteroatoms. The Bertz CT molecular complexity index is 981. The molecule has 0 aliphatic carbocycles. The van der Waals surface area contributed by atoms with Gasteiger partial charge in [0.25, 0.3) is 5.91 Å². The first-order chi connectivity index (χ1) is 13.6. The van der Waals surface area contributed by atoms with Crippen LogP contribution < -0.4 is 5.32 Å². The van der Waals surface area contributed by atoms with Gasteiger partial charge >= 0.3 is 0 Å². The van der Waals surface area contributed by atoms with Crippen molar-refractivity contribution in [2.24, 2.45) is 0 Å². The van der Waals surface area contributed by atoms with Crippen molar-refractivity contribution in [3.05, 3.63) is 59.9 Å². The summed E-state index contributed by atoms with van der Waals surface area (Å²) in [6.07, 6.45) is 6.03. The van der Waals surface area contributed by atoms with Crippen LogP contribution in [0, 0.1) is 6.92 Å². The number of aryl methyl sites for hydroxylation is 1. The highest BCUT2D eigenvalue weighted by molar-refractivity contribution is 6.07. The molecule has 1 N–H and O–H groups in total. The number of hydrogen-bond acceptors (Lipinski definition) is 4. The number of carbonyl (C=O) groups is 1. The molecule has 1 fully saturated rings. The number of likely N-dealkylation sites (tertiary alicyclic amines) is 1. The molecule has 1 aromatic carbocycles.